The fourth-order valence-corrected chi connectivity index (χ4v) is 7.18. The van der Waals surface area contributed by atoms with E-state index < -0.39 is 83.2 Å². The number of nitrogens with zero attached hydrogens (tertiary/aromatic N) is 3. The second-order valence-electron chi connectivity index (χ2n) is 14.4. The number of nitrogens with one attached hydrogen (secondary N) is 1. The van der Waals surface area contributed by atoms with Crippen LogP contribution in [0.2, 0.25) is 0 Å². The van der Waals surface area contributed by atoms with Gasteiger partial charge in [-0.15, -0.1) is 0 Å². The Morgan fingerprint density at radius 2 is 1.70 bits per heavy atom. The van der Waals surface area contributed by atoms with Crippen LogP contribution in [0.4, 0.5) is 8.78 Å². The first-order chi connectivity index (χ1) is 22.2. The number of halogens is 2. The van der Waals surface area contributed by atoms with E-state index in [2.05, 4.69) is 15.3 Å². The molecule has 2 heterocycles. The standard InChI is InChI=1S/C35H48F2N4O6/c1-6-7-22(32(45)29(44)14-21-8-9-21)15-28(43)31-23-10-11-35(36,37)25(23)18-41(31)34(47)30(20(4)5)40-33(46)24(19(2)3)16-27(42)26-17-38-12-13-39-26/h12-13,17,19-25,30-31H,6-11,14-16,18H2,1-5H3,(H,40,46)/t22?,23-,24+,25-,30-,31-/m0/s1. The molecule has 3 aliphatic rings. The maximum atomic E-state index is 15.1. The second-order valence-corrected chi connectivity index (χ2v) is 14.4. The van der Waals surface area contributed by atoms with Gasteiger partial charge in [0.2, 0.25) is 17.6 Å². The highest BCUT2D eigenvalue weighted by Gasteiger charge is 2.61. The van der Waals surface area contributed by atoms with Crippen LogP contribution in [0.1, 0.15) is 103 Å². The summed E-state index contributed by atoms with van der Waals surface area (Å²) < 4.78 is 30.2. The molecule has 2 amide bonds. The molecule has 1 aromatic heterocycles. The third-order valence-electron chi connectivity index (χ3n) is 10.1. The molecule has 2 saturated carbocycles. The average Bonchev–Trinajstić information content (AvgIpc) is 3.67. The van der Waals surface area contributed by atoms with Crippen LogP contribution in [0.3, 0.4) is 0 Å². The number of carbonyl (C=O) groups excluding carboxylic acids is 6. The summed E-state index contributed by atoms with van der Waals surface area (Å²) in [5.74, 6) is -10.5. The van der Waals surface area contributed by atoms with E-state index in [0.29, 0.717) is 12.8 Å². The quantitative estimate of drug-likeness (QED) is 0.188. The number of rotatable bonds is 17. The van der Waals surface area contributed by atoms with Crippen molar-refractivity contribution in [3.63, 3.8) is 0 Å². The highest BCUT2D eigenvalue weighted by molar-refractivity contribution is 6.38. The van der Waals surface area contributed by atoms with E-state index in [4.69, 9.17) is 0 Å². The minimum absolute atomic E-state index is 0.0451. The van der Waals surface area contributed by atoms with Crippen molar-refractivity contribution in [2.75, 3.05) is 6.54 Å². The van der Waals surface area contributed by atoms with Gasteiger partial charge in [0.15, 0.2) is 17.3 Å². The highest BCUT2D eigenvalue weighted by Crippen LogP contribution is 2.51. The molecular weight excluding hydrogens is 610 g/mol. The van der Waals surface area contributed by atoms with Gasteiger partial charge in [-0.05, 0) is 49.4 Å². The topological polar surface area (TPSA) is 143 Å². The molecule has 2 aliphatic carbocycles. The van der Waals surface area contributed by atoms with Crippen LogP contribution in [0.15, 0.2) is 18.6 Å². The lowest BCUT2D eigenvalue weighted by atomic mass is 9.83. The number of alkyl halides is 2. The van der Waals surface area contributed by atoms with Gasteiger partial charge < -0.3 is 10.2 Å². The van der Waals surface area contributed by atoms with Gasteiger partial charge in [0.1, 0.15) is 11.7 Å². The van der Waals surface area contributed by atoms with Crippen LogP contribution in [0, 0.1) is 41.4 Å². The van der Waals surface area contributed by atoms with Crippen molar-refractivity contribution < 1.29 is 37.5 Å². The molecule has 1 aliphatic heterocycles. The summed E-state index contributed by atoms with van der Waals surface area (Å²) in [5, 5.41) is 2.78. The van der Waals surface area contributed by atoms with Crippen LogP contribution in [0.25, 0.3) is 0 Å². The number of likely N-dealkylation sites (tertiary alicyclic amines) is 1. The molecule has 1 saturated heterocycles. The van der Waals surface area contributed by atoms with Crippen molar-refractivity contribution in [3.05, 3.63) is 24.3 Å². The van der Waals surface area contributed by atoms with E-state index in [1.165, 1.54) is 23.5 Å². The number of hydrogen-bond donors (Lipinski definition) is 1. The lowest BCUT2D eigenvalue weighted by molar-refractivity contribution is -0.145. The lowest BCUT2D eigenvalue weighted by Crippen LogP contribution is -2.56. The number of carbonyl (C=O) groups is 6. The Hall–Kier alpha value is -3.44. The van der Waals surface area contributed by atoms with E-state index in [1.54, 1.807) is 27.7 Å². The summed E-state index contributed by atoms with van der Waals surface area (Å²) in [6.45, 7) is 8.47. The van der Waals surface area contributed by atoms with E-state index >= 15 is 8.78 Å². The predicted octanol–water partition coefficient (Wildman–Crippen LogP) is 4.65. The Kier molecular flexibility index (Phi) is 11.8. The minimum Gasteiger partial charge on any atom is -0.344 e. The Bertz CT molecular complexity index is 1350. The molecular formula is C35H48F2N4O6. The van der Waals surface area contributed by atoms with Crippen molar-refractivity contribution >= 4 is 34.9 Å². The first-order valence-electron chi connectivity index (χ1n) is 17.0. The Morgan fingerprint density at radius 1 is 1.00 bits per heavy atom. The van der Waals surface area contributed by atoms with Crippen LogP contribution >= 0.6 is 0 Å². The van der Waals surface area contributed by atoms with Crippen molar-refractivity contribution in [3.8, 4) is 0 Å². The Labute approximate surface area is 275 Å². The molecule has 0 aromatic carbocycles. The third-order valence-corrected chi connectivity index (χ3v) is 10.1. The van der Waals surface area contributed by atoms with Crippen molar-refractivity contribution in [1.29, 1.82) is 0 Å². The lowest BCUT2D eigenvalue weighted by Gasteiger charge is -2.33. The van der Waals surface area contributed by atoms with Crippen LogP contribution in [-0.2, 0) is 24.0 Å². The molecule has 258 valence electrons. The third kappa shape index (κ3) is 8.54. The monoisotopic (exact) mass is 658 g/mol. The summed E-state index contributed by atoms with van der Waals surface area (Å²) in [4.78, 5) is 89.6. The van der Waals surface area contributed by atoms with Gasteiger partial charge >= 0.3 is 0 Å². The number of aromatic nitrogens is 2. The van der Waals surface area contributed by atoms with Crippen LogP contribution in [0.5, 0.6) is 0 Å². The second kappa shape index (κ2) is 15.2. The molecule has 0 spiro atoms. The molecule has 47 heavy (non-hydrogen) atoms. The van der Waals surface area contributed by atoms with Gasteiger partial charge in [-0.2, -0.15) is 0 Å². The maximum Gasteiger partial charge on any atom is 0.253 e. The minimum atomic E-state index is -3.07. The molecule has 1 aromatic rings. The maximum absolute atomic E-state index is 15.1. The van der Waals surface area contributed by atoms with Gasteiger partial charge in [-0.1, -0.05) is 41.0 Å². The molecule has 0 radical (unpaired) electrons. The largest absolute Gasteiger partial charge is 0.344 e. The van der Waals surface area contributed by atoms with Crippen molar-refractivity contribution in [2.24, 2.45) is 41.4 Å². The van der Waals surface area contributed by atoms with Crippen molar-refractivity contribution in [2.45, 2.75) is 110 Å². The normalized spacial score (nSPS) is 23.7. The van der Waals surface area contributed by atoms with Gasteiger partial charge in [-0.3, -0.25) is 33.8 Å². The number of Topliss-reactive ketones (excluding diaryl/α,β-unsaturated/α-hetero) is 4. The summed E-state index contributed by atoms with van der Waals surface area (Å²) in [6.07, 6.45) is 6.12. The molecule has 0 bridgehead atoms. The first kappa shape index (κ1) is 36.4. The smallest absolute Gasteiger partial charge is 0.253 e. The molecule has 1 N–H and O–H groups in total. The summed E-state index contributed by atoms with van der Waals surface area (Å²) >= 11 is 0. The highest BCUT2D eigenvalue weighted by atomic mass is 19.3. The zero-order valence-corrected chi connectivity index (χ0v) is 28.0. The van der Waals surface area contributed by atoms with E-state index in [1.807, 2.05) is 6.92 Å². The fourth-order valence-electron chi connectivity index (χ4n) is 7.18. The van der Waals surface area contributed by atoms with E-state index in [-0.39, 0.29) is 55.5 Å². The number of hydrogen-bond acceptors (Lipinski definition) is 8. The first-order valence-corrected chi connectivity index (χ1v) is 17.0. The molecule has 4 rings (SSSR count). The molecule has 6 atom stereocenters. The summed E-state index contributed by atoms with van der Waals surface area (Å²) in [6, 6.07) is -2.34. The van der Waals surface area contributed by atoms with Gasteiger partial charge in [-0.25, -0.2) is 13.8 Å². The number of amides is 2. The summed E-state index contributed by atoms with van der Waals surface area (Å²) in [5.41, 5.74) is 0.113. The summed E-state index contributed by atoms with van der Waals surface area (Å²) in [7, 11) is 0. The zero-order valence-electron chi connectivity index (χ0n) is 28.0. The van der Waals surface area contributed by atoms with E-state index in [9.17, 15) is 28.8 Å². The van der Waals surface area contributed by atoms with Crippen LogP contribution in [-0.4, -0.2) is 74.4 Å². The number of fused-ring (bicyclic) bond motifs is 1. The van der Waals surface area contributed by atoms with Crippen LogP contribution < -0.4 is 5.32 Å². The predicted molar refractivity (Wildman–Crippen MR) is 168 cm³/mol. The van der Waals surface area contributed by atoms with E-state index in [0.717, 1.165) is 12.8 Å². The molecule has 10 nitrogen and oxygen atoms in total. The average molecular weight is 659 g/mol. The van der Waals surface area contributed by atoms with Crippen molar-refractivity contribution in [1.82, 2.24) is 20.2 Å². The van der Waals surface area contributed by atoms with Gasteiger partial charge in [0, 0.05) is 62.4 Å². The van der Waals surface area contributed by atoms with Gasteiger partial charge in [0.25, 0.3) is 5.92 Å². The SMILES string of the molecule is CCCC(CC(=O)[C@@H]1[C@H]2CCC(F)(F)[C@H]2CN1C(=O)[C@@H](NC(=O)[C@H](CC(=O)c1cnccn1)C(C)C)C(C)C)C(=O)C(=O)CC1CC1. The Morgan fingerprint density at radius 3 is 2.28 bits per heavy atom. The zero-order chi connectivity index (χ0) is 34.6. The van der Waals surface area contributed by atoms with Gasteiger partial charge in [0.05, 0.1) is 12.2 Å². The molecule has 3 fully saturated rings. The molecule has 12 heteroatoms. The Balaban J connectivity index is 1.55. The number of ketones is 4. The molecule has 1 unspecified atom stereocenters. The fraction of sp³-hybridized carbons (Fsp3) is 0.714.